The van der Waals surface area contributed by atoms with Crippen molar-refractivity contribution in [3.8, 4) is 0 Å². The van der Waals surface area contributed by atoms with E-state index in [1.165, 1.54) is 12.1 Å². The Hall–Kier alpha value is -1.66. The number of hydrogen-bond donors (Lipinski definition) is 1. The molecular formula is C18H17F3INO4S. The minimum Gasteiger partial charge on any atom is -0.457 e. The van der Waals surface area contributed by atoms with Crippen molar-refractivity contribution in [2.24, 2.45) is 0 Å². The first-order valence-electron chi connectivity index (χ1n) is 8.03. The van der Waals surface area contributed by atoms with E-state index >= 15 is 0 Å². The van der Waals surface area contributed by atoms with Gasteiger partial charge >= 0.3 is 12.1 Å². The highest BCUT2D eigenvalue weighted by Gasteiger charge is 2.30. The van der Waals surface area contributed by atoms with Gasteiger partial charge in [-0.25, -0.2) is 17.9 Å². The first-order chi connectivity index (χ1) is 13.0. The number of ether oxygens (including phenoxy) is 1. The van der Waals surface area contributed by atoms with E-state index in [2.05, 4.69) is 4.72 Å². The van der Waals surface area contributed by atoms with Crippen LogP contribution in [0.1, 0.15) is 21.5 Å². The van der Waals surface area contributed by atoms with Crippen LogP contribution < -0.4 is 4.72 Å². The van der Waals surface area contributed by atoms with Crippen molar-refractivity contribution in [3.05, 3.63) is 65.2 Å². The van der Waals surface area contributed by atoms with Gasteiger partial charge in [-0.3, -0.25) is 0 Å². The summed E-state index contributed by atoms with van der Waals surface area (Å²) >= 11 is 1.93. The number of sulfonamides is 1. The Kier molecular flexibility index (Phi) is 7.46. The van der Waals surface area contributed by atoms with E-state index in [-0.39, 0.29) is 17.0 Å². The molecule has 152 valence electrons. The van der Waals surface area contributed by atoms with E-state index in [1.807, 2.05) is 29.5 Å². The average molecular weight is 527 g/mol. The molecule has 10 heteroatoms. The average Bonchev–Trinajstić information content (AvgIpc) is 2.64. The van der Waals surface area contributed by atoms with Crippen LogP contribution in [0.2, 0.25) is 0 Å². The molecule has 0 aliphatic carbocycles. The van der Waals surface area contributed by atoms with Crippen LogP contribution in [0.3, 0.4) is 0 Å². The van der Waals surface area contributed by atoms with E-state index in [0.717, 1.165) is 29.8 Å². The van der Waals surface area contributed by atoms with Crippen LogP contribution in [-0.4, -0.2) is 31.5 Å². The van der Waals surface area contributed by atoms with Crippen molar-refractivity contribution >= 4 is 38.6 Å². The molecule has 0 saturated carbocycles. The van der Waals surface area contributed by atoms with Crippen molar-refractivity contribution in [2.45, 2.75) is 24.1 Å². The van der Waals surface area contributed by atoms with E-state index < -0.39 is 33.8 Å². The molecule has 0 fully saturated rings. The molecule has 2 rings (SSSR count). The lowest BCUT2D eigenvalue weighted by atomic mass is 10.1. The van der Waals surface area contributed by atoms with Gasteiger partial charge in [-0.2, -0.15) is 13.2 Å². The lowest BCUT2D eigenvalue weighted by Gasteiger charge is -2.17. The summed E-state index contributed by atoms with van der Waals surface area (Å²) in [5, 5.41) is 0. The molecule has 0 saturated heterocycles. The van der Waals surface area contributed by atoms with Gasteiger partial charge in [-0.15, -0.1) is 0 Å². The second kappa shape index (κ2) is 9.23. The summed E-state index contributed by atoms with van der Waals surface area (Å²) in [5.41, 5.74) is -0.0147. The molecule has 0 bridgehead atoms. The van der Waals surface area contributed by atoms with Gasteiger partial charge in [0.2, 0.25) is 10.0 Å². The van der Waals surface area contributed by atoms with Crippen LogP contribution in [0.4, 0.5) is 13.2 Å². The highest BCUT2D eigenvalue weighted by atomic mass is 127. The third-order valence-corrected chi connectivity index (χ3v) is 6.15. The summed E-state index contributed by atoms with van der Waals surface area (Å²) in [6.07, 6.45) is -5.28. The van der Waals surface area contributed by atoms with Gasteiger partial charge in [0.15, 0.2) is 0 Å². The number of aryl methyl sites for hydroxylation is 1. The molecule has 0 aliphatic heterocycles. The largest absolute Gasteiger partial charge is 0.457 e. The highest BCUT2D eigenvalue weighted by molar-refractivity contribution is 14.1. The molecule has 1 N–H and O–H groups in total. The summed E-state index contributed by atoms with van der Waals surface area (Å²) in [5.74, 6) is -0.829. The Labute approximate surface area is 174 Å². The minimum atomic E-state index is -4.50. The fourth-order valence-electron chi connectivity index (χ4n) is 2.15. The number of nitrogens with one attached hydrogen (secondary N) is 1. The summed E-state index contributed by atoms with van der Waals surface area (Å²) in [4.78, 5) is 12.2. The van der Waals surface area contributed by atoms with Crippen LogP contribution in [0.15, 0.2) is 53.4 Å². The zero-order valence-electron chi connectivity index (χ0n) is 14.7. The number of carbonyl (C=O) groups is 1. The second-order valence-corrected chi connectivity index (χ2v) is 8.57. The van der Waals surface area contributed by atoms with Crippen LogP contribution in [0.5, 0.6) is 0 Å². The van der Waals surface area contributed by atoms with Gasteiger partial charge in [0.25, 0.3) is 0 Å². The molecule has 0 radical (unpaired) electrons. The summed E-state index contributed by atoms with van der Waals surface area (Å²) in [6.45, 7) is 1.67. The first kappa shape index (κ1) is 22.6. The Bertz CT molecular complexity index is 913. The maximum atomic E-state index is 12.6. The number of carbonyl (C=O) groups excluding carboxylic acids is 1. The van der Waals surface area contributed by atoms with E-state index in [1.54, 1.807) is 12.1 Å². The number of hydrogen-bond acceptors (Lipinski definition) is 4. The number of halogens is 4. The molecule has 0 aromatic heterocycles. The zero-order valence-corrected chi connectivity index (χ0v) is 17.6. The highest BCUT2D eigenvalue weighted by Crippen LogP contribution is 2.29. The molecule has 1 unspecified atom stereocenters. The van der Waals surface area contributed by atoms with Crippen molar-refractivity contribution in [3.63, 3.8) is 0 Å². The number of esters is 1. The topological polar surface area (TPSA) is 72.5 Å². The summed E-state index contributed by atoms with van der Waals surface area (Å²) in [7, 11) is -3.77. The lowest BCUT2D eigenvalue weighted by molar-refractivity contribution is -0.137. The molecule has 5 nitrogen and oxygen atoms in total. The van der Waals surface area contributed by atoms with Gasteiger partial charge < -0.3 is 4.74 Å². The standard InChI is InChI=1S/C18H17F3INO4S/c1-12-2-8-16(9-3-12)28(25,26)23-11-15(10-22)27-17(24)13-4-6-14(7-5-13)18(19,20)21/h2-9,15,23H,10-11H2,1H3. The predicted molar refractivity (Wildman–Crippen MR) is 106 cm³/mol. The zero-order chi connectivity index (χ0) is 20.9. The molecule has 1 atom stereocenters. The molecule has 0 spiro atoms. The maximum absolute atomic E-state index is 12.6. The smallest absolute Gasteiger partial charge is 0.416 e. The maximum Gasteiger partial charge on any atom is 0.416 e. The number of benzene rings is 2. The lowest BCUT2D eigenvalue weighted by Crippen LogP contribution is -2.35. The molecule has 2 aromatic rings. The normalized spacial score (nSPS) is 13.2. The fraction of sp³-hybridized carbons (Fsp3) is 0.278. The Balaban J connectivity index is 2.00. The van der Waals surface area contributed by atoms with Crippen LogP contribution in [-0.2, 0) is 20.9 Å². The van der Waals surface area contributed by atoms with Gasteiger partial charge in [-0.1, -0.05) is 40.3 Å². The number of rotatable bonds is 7. The van der Waals surface area contributed by atoms with Gasteiger partial charge in [-0.05, 0) is 43.3 Å². The summed E-state index contributed by atoms with van der Waals surface area (Å²) < 4.78 is 70.2. The van der Waals surface area contributed by atoms with Crippen molar-refractivity contribution in [1.29, 1.82) is 0 Å². The Morgan fingerprint density at radius 2 is 1.68 bits per heavy atom. The predicted octanol–water partition coefficient (Wildman–Crippen LogP) is 3.95. The molecule has 2 aromatic carbocycles. The van der Waals surface area contributed by atoms with E-state index in [4.69, 9.17) is 4.74 Å². The monoisotopic (exact) mass is 527 g/mol. The van der Waals surface area contributed by atoms with Crippen LogP contribution >= 0.6 is 22.6 Å². The van der Waals surface area contributed by atoms with E-state index in [9.17, 15) is 26.4 Å². The third kappa shape index (κ3) is 6.17. The van der Waals surface area contributed by atoms with Crippen LogP contribution in [0, 0.1) is 6.92 Å². The van der Waals surface area contributed by atoms with Gasteiger partial charge in [0.05, 0.1) is 16.0 Å². The third-order valence-electron chi connectivity index (χ3n) is 3.73. The second-order valence-electron chi connectivity index (χ2n) is 5.92. The first-order valence-corrected chi connectivity index (χ1v) is 11.0. The van der Waals surface area contributed by atoms with Crippen molar-refractivity contribution in [2.75, 3.05) is 11.0 Å². The molecule has 28 heavy (non-hydrogen) atoms. The van der Waals surface area contributed by atoms with Gasteiger partial charge in [0, 0.05) is 11.0 Å². The SMILES string of the molecule is Cc1ccc(S(=O)(=O)NCC(CI)OC(=O)c2ccc(C(F)(F)F)cc2)cc1. The summed E-state index contributed by atoms with van der Waals surface area (Å²) in [6, 6.07) is 9.86. The van der Waals surface area contributed by atoms with E-state index in [0.29, 0.717) is 4.43 Å². The molecule has 0 aliphatic rings. The number of alkyl halides is 4. The van der Waals surface area contributed by atoms with Crippen molar-refractivity contribution in [1.82, 2.24) is 4.72 Å². The Morgan fingerprint density at radius 3 is 2.18 bits per heavy atom. The van der Waals surface area contributed by atoms with Gasteiger partial charge in [0.1, 0.15) is 6.10 Å². The van der Waals surface area contributed by atoms with Crippen molar-refractivity contribution < 1.29 is 31.1 Å². The minimum absolute atomic E-state index is 0.0516. The quantitative estimate of drug-likeness (QED) is 0.337. The Morgan fingerprint density at radius 1 is 1.11 bits per heavy atom. The van der Waals surface area contributed by atoms with Crippen LogP contribution in [0.25, 0.3) is 0 Å². The fourth-order valence-corrected chi connectivity index (χ4v) is 3.70. The molecule has 0 amide bonds. The molecule has 0 heterocycles. The molecular weight excluding hydrogens is 510 g/mol.